The van der Waals surface area contributed by atoms with E-state index in [1.165, 1.54) is 0 Å². The lowest BCUT2D eigenvalue weighted by Crippen LogP contribution is -2.34. The average molecular weight is 256 g/mol. The van der Waals surface area contributed by atoms with Crippen LogP contribution in [0.4, 0.5) is 5.69 Å². The molecule has 0 amide bonds. The van der Waals surface area contributed by atoms with Crippen LogP contribution in [0, 0.1) is 0 Å². The Balaban J connectivity index is 2.00. The molecule has 1 aliphatic heterocycles. The normalized spacial score (nSPS) is 23.0. The van der Waals surface area contributed by atoms with Crippen molar-refractivity contribution in [1.82, 2.24) is 4.98 Å². The number of sulfone groups is 1. The van der Waals surface area contributed by atoms with Gasteiger partial charge in [-0.3, -0.25) is 0 Å². The maximum atomic E-state index is 11.5. The smallest absolute Gasteiger partial charge is 0.213 e. The van der Waals surface area contributed by atoms with Crippen LogP contribution in [0.15, 0.2) is 18.3 Å². The topological polar surface area (TPSA) is 68.3 Å². The molecule has 0 aliphatic carbocycles. The second-order valence-electron chi connectivity index (χ2n) is 4.19. The molecule has 0 spiro atoms. The minimum Gasteiger partial charge on any atom is -0.481 e. The molecular weight excluding hydrogens is 240 g/mol. The van der Waals surface area contributed by atoms with Crippen LogP contribution in [0.25, 0.3) is 0 Å². The predicted molar refractivity (Wildman–Crippen MR) is 66.1 cm³/mol. The fraction of sp³-hybridized carbons (Fsp3) is 0.545. The number of hydrogen-bond donors (Lipinski definition) is 1. The van der Waals surface area contributed by atoms with Gasteiger partial charge in [-0.05, 0) is 18.9 Å². The van der Waals surface area contributed by atoms with Crippen molar-refractivity contribution in [3.8, 4) is 5.88 Å². The second kappa shape index (κ2) is 4.91. The van der Waals surface area contributed by atoms with Gasteiger partial charge in [0, 0.05) is 12.1 Å². The summed E-state index contributed by atoms with van der Waals surface area (Å²) in [5.41, 5.74) is 0.827. The summed E-state index contributed by atoms with van der Waals surface area (Å²) in [5, 5.41) is 3.19. The summed E-state index contributed by atoms with van der Waals surface area (Å²) in [4.78, 5) is 4.06. The number of anilines is 1. The number of pyridine rings is 1. The standard InChI is InChI=1S/C11H16N2O3S/c1-16-11-5-4-9(7-12-11)13-10-3-2-6-17(14,15)8-10/h4-5,7,10,13H,2-3,6,8H2,1H3. The molecule has 0 bridgehead atoms. The highest BCUT2D eigenvalue weighted by Gasteiger charge is 2.24. The quantitative estimate of drug-likeness (QED) is 0.876. The monoisotopic (exact) mass is 256 g/mol. The van der Waals surface area contributed by atoms with Gasteiger partial charge >= 0.3 is 0 Å². The van der Waals surface area contributed by atoms with Gasteiger partial charge in [0.25, 0.3) is 0 Å². The average Bonchev–Trinajstić information content (AvgIpc) is 2.29. The minimum absolute atomic E-state index is 0.0102. The van der Waals surface area contributed by atoms with Gasteiger partial charge < -0.3 is 10.1 Å². The molecule has 1 fully saturated rings. The van der Waals surface area contributed by atoms with E-state index < -0.39 is 9.84 Å². The molecule has 0 saturated carbocycles. The van der Waals surface area contributed by atoms with Crippen molar-refractivity contribution >= 4 is 15.5 Å². The molecule has 1 N–H and O–H groups in total. The van der Waals surface area contributed by atoms with Crippen LogP contribution in [0.5, 0.6) is 5.88 Å². The Morgan fingerprint density at radius 3 is 2.88 bits per heavy atom. The second-order valence-corrected chi connectivity index (χ2v) is 6.42. The fourth-order valence-electron chi connectivity index (χ4n) is 1.96. The van der Waals surface area contributed by atoms with Crippen LogP contribution in [-0.2, 0) is 9.84 Å². The molecule has 2 rings (SSSR count). The van der Waals surface area contributed by atoms with Crippen LogP contribution in [-0.4, -0.2) is 38.1 Å². The Hall–Kier alpha value is -1.30. The number of nitrogens with one attached hydrogen (secondary N) is 1. The van der Waals surface area contributed by atoms with E-state index in [1.807, 2.05) is 6.07 Å². The zero-order valence-corrected chi connectivity index (χ0v) is 10.5. The zero-order chi connectivity index (χ0) is 12.3. The summed E-state index contributed by atoms with van der Waals surface area (Å²) >= 11 is 0. The van der Waals surface area contributed by atoms with E-state index >= 15 is 0 Å². The lowest BCUT2D eigenvalue weighted by atomic mass is 10.2. The summed E-state index contributed by atoms with van der Waals surface area (Å²) in [6.07, 6.45) is 3.26. The number of ether oxygens (including phenoxy) is 1. The van der Waals surface area contributed by atoms with Crippen LogP contribution >= 0.6 is 0 Å². The van der Waals surface area contributed by atoms with Gasteiger partial charge in [-0.2, -0.15) is 0 Å². The Labute approximate surface area is 101 Å². The lowest BCUT2D eigenvalue weighted by molar-refractivity contribution is 0.398. The van der Waals surface area contributed by atoms with Crippen molar-refractivity contribution in [2.45, 2.75) is 18.9 Å². The Morgan fingerprint density at radius 2 is 2.29 bits per heavy atom. The number of rotatable bonds is 3. The third-order valence-corrected chi connectivity index (χ3v) is 4.60. The highest BCUT2D eigenvalue weighted by atomic mass is 32.2. The summed E-state index contributed by atoms with van der Waals surface area (Å²) in [6.45, 7) is 0. The predicted octanol–water partition coefficient (Wildman–Crippen LogP) is 1.08. The molecule has 17 heavy (non-hydrogen) atoms. The molecule has 1 aromatic rings. The molecule has 1 aliphatic rings. The molecule has 0 radical (unpaired) electrons. The molecule has 94 valence electrons. The van der Waals surface area contributed by atoms with E-state index in [9.17, 15) is 8.42 Å². The van der Waals surface area contributed by atoms with Crippen molar-refractivity contribution in [2.75, 3.05) is 23.9 Å². The molecule has 6 heteroatoms. The third kappa shape index (κ3) is 3.33. The van der Waals surface area contributed by atoms with Crippen LogP contribution in [0.1, 0.15) is 12.8 Å². The fourth-order valence-corrected chi connectivity index (χ4v) is 3.60. The first kappa shape index (κ1) is 12.2. The lowest BCUT2D eigenvalue weighted by Gasteiger charge is -2.23. The first-order chi connectivity index (χ1) is 8.09. The van der Waals surface area contributed by atoms with Crippen LogP contribution in [0.3, 0.4) is 0 Å². The van der Waals surface area contributed by atoms with Crippen molar-refractivity contribution in [1.29, 1.82) is 0 Å². The van der Waals surface area contributed by atoms with Gasteiger partial charge in [-0.1, -0.05) is 0 Å². The first-order valence-electron chi connectivity index (χ1n) is 5.56. The van der Waals surface area contributed by atoms with Crippen LogP contribution < -0.4 is 10.1 Å². The summed E-state index contributed by atoms with van der Waals surface area (Å²) in [6, 6.07) is 3.58. The zero-order valence-electron chi connectivity index (χ0n) is 9.72. The summed E-state index contributed by atoms with van der Waals surface area (Å²) < 4.78 is 27.9. The minimum atomic E-state index is -2.87. The van der Waals surface area contributed by atoms with Crippen molar-refractivity contribution in [3.05, 3.63) is 18.3 Å². The van der Waals surface area contributed by atoms with Gasteiger partial charge in [0.2, 0.25) is 5.88 Å². The van der Waals surface area contributed by atoms with E-state index in [0.29, 0.717) is 11.6 Å². The number of aromatic nitrogens is 1. The van der Waals surface area contributed by atoms with E-state index in [0.717, 1.165) is 18.5 Å². The summed E-state index contributed by atoms with van der Waals surface area (Å²) in [7, 11) is -1.31. The van der Waals surface area contributed by atoms with Crippen molar-refractivity contribution in [2.24, 2.45) is 0 Å². The highest BCUT2D eigenvalue weighted by Crippen LogP contribution is 2.18. The van der Waals surface area contributed by atoms with E-state index in [-0.39, 0.29) is 11.8 Å². The SMILES string of the molecule is COc1ccc(NC2CCCS(=O)(=O)C2)cn1. The number of methoxy groups -OCH3 is 1. The van der Waals surface area contributed by atoms with Gasteiger partial charge in [0.15, 0.2) is 9.84 Å². The molecule has 2 heterocycles. The molecule has 1 atom stereocenters. The number of hydrogen-bond acceptors (Lipinski definition) is 5. The Kier molecular flexibility index (Phi) is 3.51. The van der Waals surface area contributed by atoms with Gasteiger partial charge in [0.1, 0.15) is 0 Å². The van der Waals surface area contributed by atoms with E-state index in [4.69, 9.17) is 4.74 Å². The van der Waals surface area contributed by atoms with E-state index in [2.05, 4.69) is 10.3 Å². The molecular formula is C11H16N2O3S. The maximum Gasteiger partial charge on any atom is 0.213 e. The first-order valence-corrected chi connectivity index (χ1v) is 7.38. The largest absolute Gasteiger partial charge is 0.481 e. The summed E-state index contributed by atoms with van der Waals surface area (Å²) in [5.74, 6) is 1.07. The number of nitrogens with zero attached hydrogens (tertiary/aromatic N) is 1. The highest BCUT2D eigenvalue weighted by molar-refractivity contribution is 7.91. The van der Waals surface area contributed by atoms with Crippen LogP contribution in [0.2, 0.25) is 0 Å². The van der Waals surface area contributed by atoms with E-state index in [1.54, 1.807) is 19.4 Å². The Bertz CT molecular complexity index is 470. The van der Waals surface area contributed by atoms with Crippen molar-refractivity contribution in [3.63, 3.8) is 0 Å². The molecule has 1 unspecified atom stereocenters. The van der Waals surface area contributed by atoms with Crippen molar-refractivity contribution < 1.29 is 13.2 Å². The van der Waals surface area contributed by atoms with Gasteiger partial charge in [0.05, 0.1) is 30.5 Å². The molecule has 5 nitrogen and oxygen atoms in total. The van der Waals surface area contributed by atoms with Gasteiger partial charge in [-0.25, -0.2) is 13.4 Å². The molecule has 0 aromatic carbocycles. The molecule has 1 aromatic heterocycles. The maximum absolute atomic E-state index is 11.5. The third-order valence-electron chi connectivity index (χ3n) is 2.78. The van der Waals surface area contributed by atoms with Gasteiger partial charge in [-0.15, -0.1) is 0 Å². The molecule has 1 saturated heterocycles. The Morgan fingerprint density at radius 1 is 1.47 bits per heavy atom.